The molecular formula is C15H21F3N6O2. The summed E-state index contributed by atoms with van der Waals surface area (Å²) in [4.78, 5) is 27.9. The fraction of sp³-hybridized carbons (Fsp3) is 0.600. The maximum absolute atomic E-state index is 12.5. The van der Waals surface area contributed by atoms with Crippen molar-refractivity contribution >= 4 is 17.6 Å². The van der Waals surface area contributed by atoms with Crippen molar-refractivity contribution in [2.75, 3.05) is 37.7 Å². The van der Waals surface area contributed by atoms with E-state index in [4.69, 9.17) is 10.6 Å². The summed E-state index contributed by atoms with van der Waals surface area (Å²) in [5, 5.41) is 3.77. The van der Waals surface area contributed by atoms with Gasteiger partial charge in [-0.05, 0) is 13.8 Å². The standard InChI is InChI=1S/C15H21F3N6O2/c1-10(19)11(2)22-26-9-13(25)23-3-5-24(6-4-23)14-20-7-12(8-21-14)15(16,17)18/h7-8,10H,3-6,9,19H2,1-2H3. The normalized spacial score (nSPS) is 17.2. The van der Waals surface area contributed by atoms with Crippen LogP contribution in [0.5, 0.6) is 0 Å². The van der Waals surface area contributed by atoms with E-state index < -0.39 is 11.7 Å². The predicted octanol–water partition coefficient (Wildman–Crippen LogP) is 0.884. The van der Waals surface area contributed by atoms with Crippen LogP contribution in [0.2, 0.25) is 0 Å². The van der Waals surface area contributed by atoms with Crippen LogP contribution in [0.15, 0.2) is 17.5 Å². The van der Waals surface area contributed by atoms with Gasteiger partial charge in [-0.3, -0.25) is 4.79 Å². The minimum Gasteiger partial charge on any atom is -0.386 e. The number of halogens is 3. The first-order valence-electron chi connectivity index (χ1n) is 8.02. The number of nitrogens with two attached hydrogens (primary N) is 1. The highest BCUT2D eigenvalue weighted by atomic mass is 19.4. The quantitative estimate of drug-likeness (QED) is 0.607. The van der Waals surface area contributed by atoms with E-state index in [-0.39, 0.29) is 24.5 Å². The Bertz CT molecular complexity index is 640. The average molecular weight is 374 g/mol. The molecule has 1 saturated heterocycles. The molecule has 2 heterocycles. The molecule has 2 rings (SSSR count). The van der Waals surface area contributed by atoms with Gasteiger partial charge >= 0.3 is 6.18 Å². The lowest BCUT2D eigenvalue weighted by Gasteiger charge is -2.34. The number of aromatic nitrogens is 2. The van der Waals surface area contributed by atoms with Gasteiger partial charge in [0, 0.05) is 44.6 Å². The lowest BCUT2D eigenvalue weighted by molar-refractivity contribution is -0.138. The van der Waals surface area contributed by atoms with Gasteiger partial charge in [0.25, 0.3) is 5.91 Å². The lowest BCUT2D eigenvalue weighted by Crippen LogP contribution is -2.50. The molecule has 1 amide bonds. The zero-order chi connectivity index (χ0) is 19.3. The van der Waals surface area contributed by atoms with Crippen LogP contribution >= 0.6 is 0 Å². The molecule has 0 saturated carbocycles. The van der Waals surface area contributed by atoms with Gasteiger partial charge in [0.1, 0.15) is 0 Å². The molecule has 1 aliphatic rings. The van der Waals surface area contributed by atoms with Crippen molar-refractivity contribution in [1.82, 2.24) is 14.9 Å². The maximum Gasteiger partial charge on any atom is 0.419 e. The number of alkyl halides is 3. The van der Waals surface area contributed by atoms with Crippen LogP contribution in [-0.4, -0.2) is 65.3 Å². The minimum absolute atomic E-state index is 0.194. The van der Waals surface area contributed by atoms with Crippen LogP contribution in [0, 0.1) is 0 Å². The molecule has 0 bridgehead atoms. The van der Waals surface area contributed by atoms with Gasteiger partial charge in [-0.1, -0.05) is 5.16 Å². The average Bonchev–Trinajstić information content (AvgIpc) is 2.61. The third-order valence-corrected chi connectivity index (χ3v) is 3.94. The summed E-state index contributed by atoms with van der Waals surface area (Å²) in [5.41, 5.74) is 5.30. The van der Waals surface area contributed by atoms with Gasteiger partial charge in [0.15, 0.2) is 6.61 Å². The highest BCUT2D eigenvalue weighted by Gasteiger charge is 2.32. The van der Waals surface area contributed by atoms with Crippen molar-refractivity contribution < 1.29 is 22.8 Å². The molecule has 144 valence electrons. The predicted molar refractivity (Wildman–Crippen MR) is 88.5 cm³/mol. The van der Waals surface area contributed by atoms with Gasteiger partial charge in [0.05, 0.1) is 11.3 Å². The molecule has 0 radical (unpaired) electrons. The number of nitrogens with zero attached hydrogens (tertiary/aromatic N) is 5. The maximum atomic E-state index is 12.5. The number of carbonyl (C=O) groups excluding carboxylic acids is 1. The number of amides is 1. The molecule has 1 aliphatic heterocycles. The summed E-state index contributed by atoms with van der Waals surface area (Å²) in [5.74, 6) is -0.0160. The monoisotopic (exact) mass is 374 g/mol. The number of piperazine rings is 1. The van der Waals surface area contributed by atoms with Crippen LogP contribution in [0.1, 0.15) is 19.4 Å². The second kappa shape index (κ2) is 8.30. The summed E-state index contributed by atoms with van der Waals surface area (Å²) in [7, 11) is 0. The Morgan fingerprint density at radius 1 is 1.31 bits per heavy atom. The SMILES string of the molecule is CC(=NOCC(=O)N1CCN(c2ncc(C(F)(F)F)cn2)CC1)C(C)N. The van der Waals surface area contributed by atoms with Gasteiger partial charge in [-0.2, -0.15) is 13.2 Å². The smallest absolute Gasteiger partial charge is 0.386 e. The Morgan fingerprint density at radius 3 is 2.38 bits per heavy atom. The molecule has 8 nitrogen and oxygen atoms in total. The highest BCUT2D eigenvalue weighted by molar-refractivity contribution is 5.86. The summed E-state index contributed by atoms with van der Waals surface area (Å²) >= 11 is 0. The van der Waals surface area contributed by atoms with Crippen molar-refractivity contribution in [3.05, 3.63) is 18.0 Å². The highest BCUT2D eigenvalue weighted by Crippen LogP contribution is 2.28. The largest absolute Gasteiger partial charge is 0.419 e. The Balaban J connectivity index is 1.83. The Labute approximate surface area is 148 Å². The third-order valence-electron chi connectivity index (χ3n) is 3.94. The number of anilines is 1. The molecular weight excluding hydrogens is 353 g/mol. The van der Waals surface area contributed by atoms with Crippen molar-refractivity contribution in [3.8, 4) is 0 Å². The molecule has 1 atom stereocenters. The Hall–Kier alpha value is -2.43. The molecule has 26 heavy (non-hydrogen) atoms. The van der Waals surface area contributed by atoms with Crippen molar-refractivity contribution in [2.24, 2.45) is 10.9 Å². The first kappa shape index (κ1) is 19.9. The number of hydrogen-bond donors (Lipinski definition) is 1. The van der Waals surface area contributed by atoms with Crippen molar-refractivity contribution in [2.45, 2.75) is 26.1 Å². The van der Waals surface area contributed by atoms with Gasteiger partial charge in [-0.25, -0.2) is 9.97 Å². The van der Waals surface area contributed by atoms with E-state index in [1.54, 1.807) is 23.6 Å². The van der Waals surface area contributed by atoms with E-state index in [0.717, 1.165) is 12.4 Å². The van der Waals surface area contributed by atoms with Crippen LogP contribution in [0.4, 0.5) is 19.1 Å². The van der Waals surface area contributed by atoms with Crippen molar-refractivity contribution in [3.63, 3.8) is 0 Å². The molecule has 0 aromatic carbocycles. The number of hydrogen-bond acceptors (Lipinski definition) is 7. The third kappa shape index (κ3) is 5.28. The number of carbonyl (C=O) groups is 1. The fourth-order valence-electron chi connectivity index (χ4n) is 2.15. The van der Waals surface area contributed by atoms with E-state index in [0.29, 0.717) is 31.9 Å². The van der Waals surface area contributed by atoms with Crippen LogP contribution in [-0.2, 0) is 15.8 Å². The summed E-state index contributed by atoms with van der Waals surface area (Å²) < 4.78 is 37.6. The molecule has 0 aliphatic carbocycles. The van der Waals surface area contributed by atoms with E-state index >= 15 is 0 Å². The molecule has 1 unspecified atom stereocenters. The zero-order valence-corrected chi connectivity index (χ0v) is 14.5. The second-order valence-electron chi connectivity index (χ2n) is 5.93. The van der Waals surface area contributed by atoms with E-state index in [1.807, 2.05) is 0 Å². The van der Waals surface area contributed by atoms with E-state index in [2.05, 4.69) is 15.1 Å². The molecule has 2 N–H and O–H groups in total. The van der Waals surface area contributed by atoms with E-state index in [1.165, 1.54) is 0 Å². The van der Waals surface area contributed by atoms with Crippen LogP contribution in [0.3, 0.4) is 0 Å². The first-order valence-corrected chi connectivity index (χ1v) is 8.02. The minimum atomic E-state index is -4.47. The summed E-state index contributed by atoms with van der Waals surface area (Å²) in [6.45, 7) is 4.88. The fourth-order valence-corrected chi connectivity index (χ4v) is 2.15. The zero-order valence-electron chi connectivity index (χ0n) is 14.5. The second-order valence-corrected chi connectivity index (χ2v) is 5.93. The summed E-state index contributed by atoms with van der Waals surface area (Å²) in [6, 6.07) is -0.252. The summed E-state index contributed by atoms with van der Waals surface area (Å²) in [6.07, 6.45) is -2.95. The molecule has 0 spiro atoms. The number of rotatable bonds is 5. The van der Waals surface area contributed by atoms with E-state index in [9.17, 15) is 18.0 Å². The number of oxime groups is 1. The molecule has 1 aromatic heterocycles. The van der Waals surface area contributed by atoms with Gasteiger partial charge in [-0.15, -0.1) is 0 Å². The van der Waals surface area contributed by atoms with Crippen molar-refractivity contribution in [1.29, 1.82) is 0 Å². The molecule has 1 fully saturated rings. The van der Waals surface area contributed by atoms with Gasteiger partial charge in [0.2, 0.25) is 5.95 Å². The van der Waals surface area contributed by atoms with Crippen LogP contribution < -0.4 is 10.6 Å². The molecule has 1 aromatic rings. The van der Waals surface area contributed by atoms with Crippen LogP contribution in [0.25, 0.3) is 0 Å². The topological polar surface area (TPSA) is 96.9 Å². The lowest BCUT2D eigenvalue weighted by atomic mass is 10.2. The molecule has 11 heteroatoms. The van der Waals surface area contributed by atoms with Gasteiger partial charge < -0.3 is 20.4 Å². The Kier molecular flexibility index (Phi) is 6.35. The first-order chi connectivity index (χ1) is 12.2. The Morgan fingerprint density at radius 2 is 1.88 bits per heavy atom.